The standard InChI is InChI=1S/C21H28N4O2/c1-16-18(14-23(2)22-16)20(26)25-13-10-21(27,17-8-4-3-5-9-17)19(15-25)24-11-6-7-12-24/h3-5,8-9,14,19,27H,6-7,10-13,15H2,1-2H3/t19-,21+/m1/s1. The van der Waals surface area contributed by atoms with Gasteiger partial charge in [0.25, 0.3) is 5.91 Å². The van der Waals surface area contributed by atoms with E-state index < -0.39 is 5.60 Å². The lowest BCUT2D eigenvalue weighted by atomic mass is 9.79. The van der Waals surface area contributed by atoms with E-state index in [1.807, 2.05) is 49.2 Å². The molecule has 1 amide bonds. The Balaban J connectivity index is 1.63. The normalized spacial score (nSPS) is 26.5. The van der Waals surface area contributed by atoms with E-state index in [-0.39, 0.29) is 11.9 Å². The van der Waals surface area contributed by atoms with Crippen molar-refractivity contribution in [2.45, 2.75) is 37.8 Å². The number of amides is 1. The van der Waals surface area contributed by atoms with Crippen LogP contribution in [0, 0.1) is 6.92 Å². The van der Waals surface area contributed by atoms with Crippen LogP contribution in [-0.4, -0.2) is 62.8 Å². The summed E-state index contributed by atoms with van der Waals surface area (Å²) in [4.78, 5) is 17.4. The highest BCUT2D eigenvalue weighted by molar-refractivity contribution is 5.95. The van der Waals surface area contributed by atoms with Gasteiger partial charge in [-0.05, 0) is 44.8 Å². The highest BCUT2D eigenvalue weighted by atomic mass is 16.3. The molecule has 0 unspecified atom stereocenters. The first-order valence-electron chi connectivity index (χ1n) is 9.80. The maximum Gasteiger partial charge on any atom is 0.257 e. The van der Waals surface area contributed by atoms with E-state index >= 15 is 0 Å². The molecule has 1 N–H and O–H groups in total. The van der Waals surface area contributed by atoms with Crippen molar-refractivity contribution in [2.75, 3.05) is 26.2 Å². The van der Waals surface area contributed by atoms with Crippen LogP contribution in [-0.2, 0) is 12.6 Å². The quantitative estimate of drug-likeness (QED) is 0.899. The van der Waals surface area contributed by atoms with Gasteiger partial charge in [-0.3, -0.25) is 14.4 Å². The molecular formula is C21H28N4O2. The molecule has 3 heterocycles. The van der Waals surface area contributed by atoms with E-state index in [0.29, 0.717) is 25.1 Å². The van der Waals surface area contributed by atoms with Crippen LogP contribution < -0.4 is 0 Å². The maximum atomic E-state index is 13.1. The zero-order valence-electron chi connectivity index (χ0n) is 16.1. The first-order valence-corrected chi connectivity index (χ1v) is 9.80. The van der Waals surface area contributed by atoms with E-state index in [1.54, 1.807) is 10.9 Å². The zero-order valence-corrected chi connectivity index (χ0v) is 16.1. The SMILES string of the molecule is Cc1nn(C)cc1C(=O)N1CC[C@](O)(c2ccccc2)[C@H](N2CCCC2)C1. The first-order chi connectivity index (χ1) is 13.0. The lowest BCUT2D eigenvalue weighted by Gasteiger charge is -2.48. The molecule has 27 heavy (non-hydrogen) atoms. The molecule has 1 aromatic heterocycles. The molecule has 0 radical (unpaired) electrons. The smallest absolute Gasteiger partial charge is 0.257 e. The predicted octanol–water partition coefficient (Wildman–Crippen LogP) is 1.93. The van der Waals surface area contributed by atoms with E-state index in [1.165, 1.54) is 0 Å². The van der Waals surface area contributed by atoms with Gasteiger partial charge in [-0.25, -0.2) is 0 Å². The second-order valence-corrected chi connectivity index (χ2v) is 7.85. The Bertz CT molecular complexity index is 813. The topological polar surface area (TPSA) is 61.6 Å². The summed E-state index contributed by atoms with van der Waals surface area (Å²) in [6.07, 6.45) is 4.64. The van der Waals surface area contributed by atoms with Gasteiger partial charge in [0.15, 0.2) is 0 Å². The van der Waals surface area contributed by atoms with Crippen LogP contribution in [0.5, 0.6) is 0 Å². The molecule has 144 valence electrons. The number of aromatic nitrogens is 2. The van der Waals surface area contributed by atoms with Crippen molar-refractivity contribution < 1.29 is 9.90 Å². The fourth-order valence-electron chi connectivity index (χ4n) is 4.62. The molecule has 2 atom stereocenters. The van der Waals surface area contributed by atoms with Crippen molar-refractivity contribution in [3.63, 3.8) is 0 Å². The number of benzene rings is 1. The van der Waals surface area contributed by atoms with Crippen LogP contribution >= 0.6 is 0 Å². The molecule has 6 heteroatoms. The number of piperidine rings is 1. The summed E-state index contributed by atoms with van der Waals surface area (Å²) in [6, 6.07) is 9.85. The van der Waals surface area contributed by atoms with Gasteiger partial charge in [-0.15, -0.1) is 0 Å². The van der Waals surface area contributed by atoms with Gasteiger partial charge in [0.2, 0.25) is 0 Å². The Morgan fingerprint density at radius 2 is 1.89 bits per heavy atom. The predicted molar refractivity (Wildman–Crippen MR) is 103 cm³/mol. The summed E-state index contributed by atoms with van der Waals surface area (Å²) < 4.78 is 1.69. The number of carbonyl (C=O) groups excluding carboxylic acids is 1. The number of rotatable bonds is 3. The van der Waals surface area contributed by atoms with Gasteiger partial charge in [-0.1, -0.05) is 30.3 Å². The van der Waals surface area contributed by atoms with E-state index in [4.69, 9.17) is 0 Å². The van der Waals surface area contributed by atoms with Crippen LogP contribution in [0.15, 0.2) is 36.5 Å². The maximum absolute atomic E-state index is 13.1. The third-order valence-electron chi connectivity index (χ3n) is 6.09. The molecule has 2 fully saturated rings. The summed E-state index contributed by atoms with van der Waals surface area (Å²) in [5.41, 5.74) is 1.44. The number of hydrogen-bond donors (Lipinski definition) is 1. The molecule has 0 saturated carbocycles. The van der Waals surface area contributed by atoms with Crippen LogP contribution in [0.25, 0.3) is 0 Å². The monoisotopic (exact) mass is 368 g/mol. The lowest BCUT2D eigenvalue weighted by Crippen LogP contribution is -2.61. The molecular weight excluding hydrogens is 340 g/mol. The molecule has 0 spiro atoms. The number of hydrogen-bond acceptors (Lipinski definition) is 4. The van der Waals surface area contributed by atoms with Gasteiger partial charge in [0.1, 0.15) is 5.60 Å². The van der Waals surface area contributed by atoms with Gasteiger partial charge < -0.3 is 10.0 Å². The minimum Gasteiger partial charge on any atom is -0.383 e. The number of likely N-dealkylation sites (tertiary alicyclic amines) is 2. The van der Waals surface area contributed by atoms with E-state index in [9.17, 15) is 9.90 Å². The van der Waals surface area contributed by atoms with Crippen LogP contribution in [0.1, 0.15) is 40.9 Å². The molecule has 2 saturated heterocycles. The average Bonchev–Trinajstić information content (AvgIpc) is 3.32. The second-order valence-electron chi connectivity index (χ2n) is 7.85. The minimum absolute atomic E-state index is 0.0138. The Labute approximate surface area is 160 Å². The third-order valence-corrected chi connectivity index (χ3v) is 6.09. The zero-order chi connectivity index (χ0) is 19.0. The van der Waals surface area contributed by atoms with Gasteiger partial charge >= 0.3 is 0 Å². The van der Waals surface area contributed by atoms with E-state index in [0.717, 1.165) is 37.2 Å². The fourth-order valence-corrected chi connectivity index (χ4v) is 4.62. The molecule has 0 aliphatic carbocycles. The minimum atomic E-state index is -0.924. The molecule has 2 aliphatic rings. The number of carbonyl (C=O) groups is 1. The average molecular weight is 368 g/mol. The summed E-state index contributed by atoms with van der Waals surface area (Å²) in [5, 5.41) is 16.0. The molecule has 2 aliphatic heterocycles. The Hall–Kier alpha value is -2.18. The Morgan fingerprint density at radius 3 is 2.52 bits per heavy atom. The molecule has 2 aromatic rings. The van der Waals surface area contributed by atoms with Gasteiger partial charge in [-0.2, -0.15) is 5.10 Å². The summed E-state index contributed by atoms with van der Waals surface area (Å²) in [6.45, 7) is 4.92. The molecule has 4 rings (SSSR count). The largest absolute Gasteiger partial charge is 0.383 e. The molecule has 6 nitrogen and oxygen atoms in total. The van der Waals surface area contributed by atoms with Crippen LogP contribution in [0.4, 0.5) is 0 Å². The van der Waals surface area contributed by atoms with Crippen molar-refractivity contribution in [2.24, 2.45) is 7.05 Å². The highest BCUT2D eigenvalue weighted by Crippen LogP contribution is 2.37. The molecule has 1 aromatic carbocycles. The van der Waals surface area contributed by atoms with Crippen molar-refractivity contribution >= 4 is 5.91 Å². The van der Waals surface area contributed by atoms with Crippen LogP contribution in [0.3, 0.4) is 0 Å². The van der Waals surface area contributed by atoms with Crippen molar-refractivity contribution in [1.29, 1.82) is 0 Å². The number of aryl methyl sites for hydroxylation is 2. The third kappa shape index (κ3) is 3.28. The van der Waals surface area contributed by atoms with Gasteiger partial charge in [0.05, 0.1) is 17.3 Å². The Morgan fingerprint density at radius 1 is 1.19 bits per heavy atom. The summed E-state index contributed by atoms with van der Waals surface area (Å²) >= 11 is 0. The van der Waals surface area contributed by atoms with Crippen molar-refractivity contribution in [3.8, 4) is 0 Å². The van der Waals surface area contributed by atoms with E-state index in [2.05, 4.69) is 10.00 Å². The summed E-state index contributed by atoms with van der Waals surface area (Å²) in [5.74, 6) is 0.0138. The second kappa shape index (κ2) is 7.09. The lowest BCUT2D eigenvalue weighted by molar-refractivity contribution is -0.0878. The number of aliphatic hydroxyl groups is 1. The fraction of sp³-hybridized carbons (Fsp3) is 0.524. The Kier molecular flexibility index (Phi) is 4.78. The molecule has 0 bridgehead atoms. The van der Waals surface area contributed by atoms with Crippen LogP contribution in [0.2, 0.25) is 0 Å². The summed E-state index contributed by atoms with van der Waals surface area (Å²) in [7, 11) is 1.83. The first kappa shape index (κ1) is 18.2. The van der Waals surface area contributed by atoms with Gasteiger partial charge in [0, 0.05) is 26.3 Å². The highest BCUT2D eigenvalue weighted by Gasteiger charge is 2.47. The van der Waals surface area contributed by atoms with Crippen molar-refractivity contribution in [1.82, 2.24) is 19.6 Å². The van der Waals surface area contributed by atoms with Crippen molar-refractivity contribution in [3.05, 3.63) is 53.3 Å². The number of nitrogens with zero attached hydrogens (tertiary/aromatic N) is 4.